The molecule has 2 aromatic carbocycles. The minimum absolute atomic E-state index is 0.0374. The molecule has 1 aliphatic rings. The average molecular weight is 414 g/mol. The van der Waals surface area contributed by atoms with E-state index in [1.54, 1.807) is 19.4 Å². The number of benzene rings is 2. The van der Waals surface area contributed by atoms with Gasteiger partial charge in [0.25, 0.3) is 0 Å². The van der Waals surface area contributed by atoms with E-state index in [1.165, 1.54) is 6.07 Å². The molecule has 0 unspecified atom stereocenters. The highest BCUT2D eigenvalue weighted by molar-refractivity contribution is 6.17. The van der Waals surface area contributed by atoms with E-state index >= 15 is 0 Å². The molecule has 2 aromatic heterocycles. The highest BCUT2D eigenvalue weighted by Crippen LogP contribution is 2.41. The molecule has 0 bridgehead atoms. The Balaban J connectivity index is 1.68. The molecule has 4 aromatic rings. The molecule has 1 aliphatic heterocycles. The molecule has 31 heavy (non-hydrogen) atoms. The number of ketones is 1. The van der Waals surface area contributed by atoms with Gasteiger partial charge in [0.15, 0.2) is 5.76 Å². The Morgan fingerprint density at radius 1 is 1.16 bits per heavy atom. The minimum Gasteiger partial charge on any atom is -0.508 e. The predicted molar refractivity (Wildman–Crippen MR) is 115 cm³/mol. The molecule has 0 radical (unpaired) electrons. The third-order valence-electron chi connectivity index (χ3n) is 5.29. The van der Waals surface area contributed by atoms with Crippen molar-refractivity contribution in [3.05, 3.63) is 71.7 Å². The van der Waals surface area contributed by atoms with Crippen molar-refractivity contribution >= 4 is 22.9 Å². The quantitative estimate of drug-likeness (QED) is 0.486. The molecular weight excluding hydrogens is 396 g/mol. The summed E-state index contributed by atoms with van der Waals surface area (Å²) in [6, 6.07) is 12.0. The van der Waals surface area contributed by atoms with Crippen LogP contribution in [0.25, 0.3) is 28.2 Å². The Kier molecular flexibility index (Phi) is 4.18. The van der Waals surface area contributed by atoms with Gasteiger partial charge in [-0.3, -0.25) is 4.79 Å². The van der Waals surface area contributed by atoms with Crippen LogP contribution in [0.5, 0.6) is 23.0 Å². The number of methoxy groups -OCH3 is 1. The van der Waals surface area contributed by atoms with E-state index in [2.05, 4.69) is 4.98 Å². The van der Waals surface area contributed by atoms with E-state index in [0.717, 1.165) is 39.5 Å². The Morgan fingerprint density at radius 3 is 2.81 bits per heavy atom. The van der Waals surface area contributed by atoms with Crippen molar-refractivity contribution in [3.63, 3.8) is 0 Å². The molecule has 0 saturated carbocycles. The lowest BCUT2D eigenvalue weighted by atomic mass is 10.0. The maximum atomic E-state index is 12.8. The number of phenols is 2. The van der Waals surface area contributed by atoms with Crippen LogP contribution in [0.15, 0.2) is 60.6 Å². The average Bonchev–Trinajstić information content (AvgIpc) is 3.24. The molecular formula is C24H18N2O5. The van der Waals surface area contributed by atoms with E-state index in [-0.39, 0.29) is 28.6 Å². The van der Waals surface area contributed by atoms with Gasteiger partial charge in [-0.2, -0.15) is 0 Å². The number of nitrogens with zero attached hydrogens (tertiary/aromatic N) is 2. The summed E-state index contributed by atoms with van der Waals surface area (Å²) in [7, 11) is 3.50. The van der Waals surface area contributed by atoms with E-state index < -0.39 is 5.78 Å². The predicted octanol–water partition coefficient (Wildman–Crippen LogP) is 4.28. The van der Waals surface area contributed by atoms with Crippen LogP contribution in [0.1, 0.15) is 15.9 Å². The Labute approximate surface area is 177 Å². The number of carbonyl (C=O) groups excluding carboxylic acids is 1. The number of aryl methyl sites for hydroxylation is 1. The lowest BCUT2D eigenvalue weighted by Crippen LogP contribution is -1.98. The molecule has 0 fully saturated rings. The van der Waals surface area contributed by atoms with E-state index in [9.17, 15) is 15.0 Å². The van der Waals surface area contributed by atoms with Crippen LogP contribution in [0.4, 0.5) is 0 Å². The first-order valence-corrected chi connectivity index (χ1v) is 9.55. The molecule has 154 valence electrons. The Morgan fingerprint density at radius 2 is 2.00 bits per heavy atom. The van der Waals surface area contributed by atoms with Crippen LogP contribution in [0, 0.1) is 0 Å². The Bertz CT molecular complexity index is 1400. The number of phenolic OH excluding ortho intramolecular Hbond substituents is 2. The number of aromatic hydroxyl groups is 2. The maximum Gasteiger partial charge on any atom is 0.235 e. The monoisotopic (exact) mass is 414 g/mol. The highest BCUT2D eigenvalue weighted by Gasteiger charge is 2.31. The highest BCUT2D eigenvalue weighted by atomic mass is 16.5. The molecule has 3 heterocycles. The Hall–Kier alpha value is -4.26. The number of carbonyl (C=O) groups is 1. The largest absolute Gasteiger partial charge is 0.508 e. The van der Waals surface area contributed by atoms with Gasteiger partial charge in [0, 0.05) is 42.5 Å². The molecule has 0 atom stereocenters. The number of allylic oxidation sites excluding steroid dienone is 1. The SMILES string of the molecule is COc1cccc(-c2ccnc3c2c(/C=C2\Oc4cc(O)cc(O)c4C2=O)cn3C)c1. The van der Waals surface area contributed by atoms with Crippen LogP contribution in [-0.4, -0.2) is 32.7 Å². The summed E-state index contributed by atoms with van der Waals surface area (Å²) in [5.74, 6) is -0.0290. The standard InChI is InChI=1S/C24H18N2O5/c1-26-12-14(9-20-23(29)22-18(28)10-15(27)11-19(22)31-20)21-17(6-7-25-24(21)26)13-4-3-5-16(8-13)30-2/h3-12,27-28H,1-2H3/b20-9-. The second-order valence-corrected chi connectivity index (χ2v) is 7.26. The number of hydrogen-bond acceptors (Lipinski definition) is 6. The first-order chi connectivity index (χ1) is 15.0. The molecule has 5 rings (SSSR count). The van der Waals surface area contributed by atoms with Gasteiger partial charge in [0.05, 0.1) is 7.11 Å². The molecule has 0 aliphatic carbocycles. The van der Waals surface area contributed by atoms with Gasteiger partial charge in [-0.15, -0.1) is 0 Å². The van der Waals surface area contributed by atoms with Gasteiger partial charge in [-0.1, -0.05) is 12.1 Å². The van der Waals surface area contributed by atoms with Crippen molar-refractivity contribution < 1.29 is 24.5 Å². The fourth-order valence-corrected chi connectivity index (χ4v) is 3.90. The number of Topliss-reactive ketones (excluding diaryl/α,β-unsaturated/α-hetero) is 1. The first kappa shape index (κ1) is 18.7. The lowest BCUT2D eigenvalue weighted by Gasteiger charge is -2.07. The smallest absolute Gasteiger partial charge is 0.235 e. The number of hydrogen-bond donors (Lipinski definition) is 2. The van der Waals surface area contributed by atoms with Crippen molar-refractivity contribution in [2.75, 3.05) is 7.11 Å². The summed E-state index contributed by atoms with van der Waals surface area (Å²) in [6.45, 7) is 0. The van der Waals surface area contributed by atoms with Gasteiger partial charge in [-0.25, -0.2) is 4.98 Å². The summed E-state index contributed by atoms with van der Waals surface area (Å²) >= 11 is 0. The normalized spacial score (nSPS) is 14.1. The van der Waals surface area contributed by atoms with Crippen LogP contribution < -0.4 is 9.47 Å². The van der Waals surface area contributed by atoms with Crippen molar-refractivity contribution in [2.24, 2.45) is 7.05 Å². The van der Waals surface area contributed by atoms with Gasteiger partial charge in [-0.05, 0) is 35.4 Å². The van der Waals surface area contributed by atoms with Gasteiger partial charge >= 0.3 is 0 Å². The van der Waals surface area contributed by atoms with Crippen LogP contribution in [0.3, 0.4) is 0 Å². The number of aromatic nitrogens is 2. The number of rotatable bonds is 3. The van der Waals surface area contributed by atoms with Crippen molar-refractivity contribution in [1.29, 1.82) is 0 Å². The van der Waals surface area contributed by atoms with E-state index in [0.29, 0.717) is 0 Å². The van der Waals surface area contributed by atoms with Crippen molar-refractivity contribution in [2.45, 2.75) is 0 Å². The molecule has 2 N–H and O–H groups in total. The van der Waals surface area contributed by atoms with Crippen LogP contribution in [0.2, 0.25) is 0 Å². The summed E-state index contributed by atoms with van der Waals surface area (Å²) in [4.78, 5) is 17.3. The summed E-state index contributed by atoms with van der Waals surface area (Å²) in [5.41, 5.74) is 3.40. The zero-order valence-corrected chi connectivity index (χ0v) is 16.8. The number of fused-ring (bicyclic) bond motifs is 2. The molecule has 0 saturated heterocycles. The number of pyridine rings is 1. The van der Waals surface area contributed by atoms with E-state index in [4.69, 9.17) is 9.47 Å². The molecule has 7 nitrogen and oxygen atoms in total. The fourth-order valence-electron chi connectivity index (χ4n) is 3.90. The van der Waals surface area contributed by atoms with Crippen molar-refractivity contribution in [1.82, 2.24) is 9.55 Å². The first-order valence-electron chi connectivity index (χ1n) is 9.55. The second-order valence-electron chi connectivity index (χ2n) is 7.26. The third-order valence-corrected chi connectivity index (χ3v) is 5.29. The lowest BCUT2D eigenvalue weighted by molar-refractivity contribution is 0.101. The van der Waals surface area contributed by atoms with Crippen LogP contribution >= 0.6 is 0 Å². The molecule has 7 heteroatoms. The van der Waals surface area contributed by atoms with Gasteiger partial charge in [0.2, 0.25) is 5.78 Å². The number of ether oxygens (including phenoxy) is 2. The minimum atomic E-state index is -0.448. The molecule has 0 spiro atoms. The maximum absolute atomic E-state index is 12.8. The summed E-state index contributed by atoms with van der Waals surface area (Å²) < 4.78 is 12.9. The second kappa shape index (κ2) is 6.91. The third kappa shape index (κ3) is 2.98. The topological polar surface area (TPSA) is 93.8 Å². The van der Waals surface area contributed by atoms with Gasteiger partial charge in [0.1, 0.15) is 34.2 Å². The fraction of sp³-hybridized carbons (Fsp3) is 0.0833. The van der Waals surface area contributed by atoms with Crippen LogP contribution in [-0.2, 0) is 7.05 Å². The zero-order chi connectivity index (χ0) is 21.7. The van der Waals surface area contributed by atoms with Gasteiger partial charge < -0.3 is 24.3 Å². The zero-order valence-electron chi connectivity index (χ0n) is 16.8. The summed E-state index contributed by atoms with van der Waals surface area (Å²) in [6.07, 6.45) is 5.24. The van der Waals surface area contributed by atoms with Crippen molar-refractivity contribution in [3.8, 4) is 34.1 Å². The molecule has 0 amide bonds. The van der Waals surface area contributed by atoms with E-state index in [1.807, 2.05) is 48.1 Å². The summed E-state index contributed by atoms with van der Waals surface area (Å²) in [5, 5.41) is 20.6.